The molecule has 80 valence electrons. The van der Waals surface area contributed by atoms with Gasteiger partial charge in [-0.3, -0.25) is 0 Å². The van der Waals surface area contributed by atoms with Gasteiger partial charge >= 0.3 is 0 Å². The summed E-state index contributed by atoms with van der Waals surface area (Å²) in [4.78, 5) is 4.12. The van der Waals surface area contributed by atoms with Crippen LogP contribution in [0.15, 0.2) is 4.52 Å². The molecule has 1 heterocycles. The van der Waals surface area contributed by atoms with E-state index < -0.39 is 0 Å². The molecule has 0 aliphatic carbocycles. The molecule has 4 nitrogen and oxygen atoms in total. The van der Waals surface area contributed by atoms with Crippen LogP contribution >= 0.6 is 11.8 Å². The lowest BCUT2D eigenvalue weighted by Crippen LogP contribution is -2.19. The molecule has 0 aromatic carbocycles. The zero-order valence-electron chi connectivity index (χ0n) is 8.75. The Balaban J connectivity index is 1.99. The number of hydrogen-bond acceptors (Lipinski definition) is 5. The lowest BCUT2D eigenvalue weighted by molar-refractivity contribution is 0.387. The summed E-state index contributed by atoms with van der Waals surface area (Å²) in [6.07, 6.45) is 4.19. The second kappa shape index (κ2) is 6.84. The second-order valence-corrected chi connectivity index (χ2v) is 4.06. The van der Waals surface area contributed by atoms with Crippen molar-refractivity contribution in [2.75, 3.05) is 25.1 Å². The summed E-state index contributed by atoms with van der Waals surface area (Å²) in [5.74, 6) is 2.65. The monoisotopic (exact) mass is 215 g/mol. The van der Waals surface area contributed by atoms with E-state index in [0.717, 1.165) is 25.3 Å². The molecule has 0 saturated heterocycles. The predicted octanol–water partition coefficient (Wildman–Crippen LogP) is 1.26. The summed E-state index contributed by atoms with van der Waals surface area (Å²) >= 11 is 1.88. The van der Waals surface area contributed by atoms with E-state index in [-0.39, 0.29) is 0 Å². The number of rotatable bonds is 7. The van der Waals surface area contributed by atoms with Crippen molar-refractivity contribution in [1.82, 2.24) is 15.5 Å². The van der Waals surface area contributed by atoms with E-state index in [9.17, 15) is 0 Å². The smallest absolute Gasteiger partial charge is 0.223 e. The standard InChI is InChI=1S/C9H17N3OS/c1-8-11-9(12-13-8)4-6-10-5-3-7-14-2/h10H,3-7H2,1-2H3. The Morgan fingerprint density at radius 2 is 2.29 bits per heavy atom. The van der Waals surface area contributed by atoms with Crippen molar-refractivity contribution in [2.45, 2.75) is 19.8 Å². The average molecular weight is 215 g/mol. The van der Waals surface area contributed by atoms with E-state index in [1.54, 1.807) is 0 Å². The fraction of sp³-hybridized carbons (Fsp3) is 0.778. The number of nitrogens with one attached hydrogen (secondary N) is 1. The number of aromatic nitrogens is 2. The first-order chi connectivity index (χ1) is 6.83. The quantitative estimate of drug-likeness (QED) is 0.694. The Morgan fingerprint density at radius 1 is 1.43 bits per heavy atom. The maximum absolute atomic E-state index is 4.87. The SMILES string of the molecule is CSCCCNCCc1noc(C)n1. The van der Waals surface area contributed by atoms with Gasteiger partial charge in [0, 0.05) is 19.9 Å². The van der Waals surface area contributed by atoms with Crippen molar-refractivity contribution in [3.05, 3.63) is 11.7 Å². The highest BCUT2D eigenvalue weighted by atomic mass is 32.2. The third-order valence-electron chi connectivity index (χ3n) is 1.80. The fourth-order valence-corrected chi connectivity index (χ4v) is 1.54. The minimum Gasteiger partial charge on any atom is -0.340 e. The second-order valence-electron chi connectivity index (χ2n) is 3.08. The zero-order chi connectivity index (χ0) is 10.2. The molecule has 1 aromatic heterocycles. The van der Waals surface area contributed by atoms with Crippen LogP contribution < -0.4 is 5.32 Å². The van der Waals surface area contributed by atoms with Crippen molar-refractivity contribution in [3.8, 4) is 0 Å². The van der Waals surface area contributed by atoms with Gasteiger partial charge in [0.25, 0.3) is 0 Å². The maximum Gasteiger partial charge on any atom is 0.223 e. The molecular weight excluding hydrogens is 198 g/mol. The van der Waals surface area contributed by atoms with Crippen molar-refractivity contribution in [1.29, 1.82) is 0 Å². The van der Waals surface area contributed by atoms with Crippen LogP contribution in [0.4, 0.5) is 0 Å². The topological polar surface area (TPSA) is 51.0 Å². The minimum atomic E-state index is 0.641. The van der Waals surface area contributed by atoms with E-state index in [1.165, 1.54) is 12.2 Å². The Morgan fingerprint density at radius 3 is 2.93 bits per heavy atom. The van der Waals surface area contributed by atoms with Gasteiger partial charge in [0.15, 0.2) is 5.82 Å². The molecule has 0 bridgehead atoms. The highest BCUT2D eigenvalue weighted by Crippen LogP contribution is 1.95. The first-order valence-corrected chi connectivity index (χ1v) is 6.21. The molecule has 1 aromatic rings. The number of hydrogen-bond donors (Lipinski definition) is 1. The molecule has 0 fully saturated rings. The van der Waals surface area contributed by atoms with Crippen LogP contribution in [0.3, 0.4) is 0 Å². The van der Waals surface area contributed by atoms with Crippen LogP contribution in [0.5, 0.6) is 0 Å². The molecule has 0 aliphatic rings. The highest BCUT2D eigenvalue weighted by molar-refractivity contribution is 7.98. The van der Waals surface area contributed by atoms with E-state index in [2.05, 4.69) is 21.7 Å². The number of aryl methyl sites for hydroxylation is 1. The molecule has 0 spiro atoms. The number of thioether (sulfide) groups is 1. The van der Waals surface area contributed by atoms with Crippen LogP contribution in [0.25, 0.3) is 0 Å². The fourth-order valence-electron chi connectivity index (χ4n) is 1.11. The van der Waals surface area contributed by atoms with Crippen LogP contribution in [-0.4, -0.2) is 35.2 Å². The molecule has 1 rings (SSSR count). The van der Waals surface area contributed by atoms with E-state index in [1.807, 2.05) is 18.7 Å². The molecule has 0 amide bonds. The van der Waals surface area contributed by atoms with E-state index in [4.69, 9.17) is 4.52 Å². The van der Waals surface area contributed by atoms with Gasteiger partial charge in [-0.05, 0) is 25.0 Å². The molecule has 0 atom stereocenters. The molecule has 0 saturated carbocycles. The number of nitrogens with zero attached hydrogens (tertiary/aromatic N) is 2. The van der Waals surface area contributed by atoms with Crippen LogP contribution in [0.1, 0.15) is 18.1 Å². The first kappa shape index (κ1) is 11.5. The Bertz CT molecular complexity index is 252. The van der Waals surface area contributed by atoms with Gasteiger partial charge in [-0.1, -0.05) is 5.16 Å². The molecule has 14 heavy (non-hydrogen) atoms. The van der Waals surface area contributed by atoms with Crippen LogP contribution in [0.2, 0.25) is 0 Å². The summed E-state index contributed by atoms with van der Waals surface area (Å²) in [7, 11) is 0. The third kappa shape index (κ3) is 4.62. The first-order valence-electron chi connectivity index (χ1n) is 4.82. The van der Waals surface area contributed by atoms with Crippen LogP contribution in [0, 0.1) is 6.92 Å². The van der Waals surface area contributed by atoms with Gasteiger partial charge in [-0.2, -0.15) is 16.7 Å². The summed E-state index contributed by atoms with van der Waals surface area (Å²) in [6.45, 7) is 3.80. The summed E-state index contributed by atoms with van der Waals surface area (Å²) in [5, 5.41) is 7.16. The van der Waals surface area contributed by atoms with Gasteiger partial charge in [0.05, 0.1) is 0 Å². The van der Waals surface area contributed by atoms with Crippen molar-refractivity contribution >= 4 is 11.8 Å². The molecular formula is C9H17N3OS. The Kier molecular flexibility index (Phi) is 5.63. The minimum absolute atomic E-state index is 0.641. The van der Waals surface area contributed by atoms with Gasteiger partial charge in [0.1, 0.15) is 0 Å². The lowest BCUT2D eigenvalue weighted by atomic mass is 10.4. The highest BCUT2D eigenvalue weighted by Gasteiger charge is 2.00. The Hall–Kier alpha value is -0.550. The summed E-state index contributed by atoms with van der Waals surface area (Å²) in [6, 6.07) is 0. The van der Waals surface area contributed by atoms with E-state index >= 15 is 0 Å². The molecule has 5 heteroatoms. The molecule has 0 unspecified atom stereocenters. The molecule has 0 radical (unpaired) electrons. The van der Waals surface area contributed by atoms with Gasteiger partial charge in [-0.25, -0.2) is 0 Å². The maximum atomic E-state index is 4.87. The van der Waals surface area contributed by atoms with Gasteiger partial charge in [-0.15, -0.1) is 0 Å². The predicted molar refractivity (Wildman–Crippen MR) is 58.6 cm³/mol. The van der Waals surface area contributed by atoms with Gasteiger partial charge in [0.2, 0.25) is 5.89 Å². The third-order valence-corrected chi connectivity index (χ3v) is 2.49. The summed E-state index contributed by atoms with van der Waals surface area (Å²) in [5.41, 5.74) is 0. The van der Waals surface area contributed by atoms with Gasteiger partial charge < -0.3 is 9.84 Å². The van der Waals surface area contributed by atoms with Crippen molar-refractivity contribution < 1.29 is 4.52 Å². The lowest BCUT2D eigenvalue weighted by Gasteiger charge is -2.00. The largest absolute Gasteiger partial charge is 0.340 e. The average Bonchev–Trinajstić information content (AvgIpc) is 2.58. The zero-order valence-corrected chi connectivity index (χ0v) is 9.56. The molecule has 0 aliphatic heterocycles. The van der Waals surface area contributed by atoms with E-state index in [0.29, 0.717) is 5.89 Å². The summed E-state index contributed by atoms with van der Waals surface area (Å²) < 4.78 is 4.87. The Labute approximate surface area is 88.8 Å². The van der Waals surface area contributed by atoms with Crippen molar-refractivity contribution in [2.24, 2.45) is 0 Å². The normalized spacial score (nSPS) is 10.7. The van der Waals surface area contributed by atoms with Crippen LogP contribution in [-0.2, 0) is 6.42 Å². The van der Waals surface area contributed by atoms with Crippen molar-refractivity contribution in [3.63, 3.8) is 0 Å². The molecule has 1 N–H and O–H groups in total.